The van der Waals surface area contributed by atoms with E-state index in [1.165, 1.54) is 0 Å². The van der Waals surface area contributed by atoms with Gasteiger partial charge in [0.2, 0.25) is 0 Å². The van der Waals surface area contributed by atoms with Gasteiger partial charge in [0.1, 0.15) is 0 Å². The predicted molar refractivity (Wildman–Crippen MR) is 93.7 cm³/mol. The second kappa shape index (κ2) is 6.93. The number of hydrogen-bond donors (Lipinski definition) is 1. The van der Waals surface area contributed by atoms with Gasteiger partial charge in [-0.05, 0) is 54.9 Å². The molecule has 0 radical (unpaired) electrons. The Labute approximate surface area is 139 Å². The molecule has 0 aromatic heterocycles. The Morgan fingerprint density at radius 3 is 2.48 bits per heavy atom. The molecule has 4 atom stereocenters. The van der Waals surface area contributed by atoms with Crippen molar-refractivity contribution in [3.63, 3.8) is 0 Å². The molecule has 21 heavy (non-hydrogen) atoms. The first-order valence-electron chi connectivity index (χ1n) is 7.77. The average Bonchev–Trinajstić information content (AvgIpc) is 2.47. The summed E-state index contributed by atoms with van der Waals surface area (Å²) >= 11 is 3.42. The van der Waals surface area contributed by atoms with Crippen molar-refractivity contribution in [2.24, 2.45) is 17.1 Å². The Bertz CT molecular complexity index is 500. The van der Waals surface area contributed by atoms with Crippen LogP contribution in [0.15, 0.2) is 33.6 Å². The molecule has 0 spiro atoms. The smallest absolute Gasteiger partial charge is 0.0576 e. The lowest BCUT2D eigenvalue weighted by Crippen LogP contribution is -2.45. The highest BCUT2D eigenvalue weighted by atomic mass is 79.9. The summed E-state index contributed by atoms with van der Waals surface area (Å²) in [4.78, 5) is 0.897. The van der Waals surface area contributed by atoms with E-state index in [9.17, 15) is 4.21 Å². The number of rotatable bonds is 4. The standard InChI is InChI=1S/C17H26BrNOS/c1-4-17(2,3)12-5-10-15(19)16(11-12)21(20)14-8-6-13(18)7-9-14/h6-9,12,15-16H,4-5,10-11,19H2,1-3H3. The molecule has 1 aliphatic rings. The molecule has 4 heteroatoms. The Kier molecular flexibility index (Phi) is 5.66. The van der Waals surface area contributed by atoms with E-state index in [-0.39, 0.29) is 11.3 Å². The fourth-order valence-corrected chi connectivity index (χ4v) is 5.02. The van der Waals surface area contributed by atoms with Gasteiger partial charge in [0.15, 0.2) is 0 Å². The van der Waals surface area contributed by atoms with Crippen molar-refractivity contribution in [2.75, 3.05) is 0 Å². The van der Waals surface area contributed by atoms with Gasteiger partial charge in [-0.2, -0.15) is 0 Å². The first-order chi connectivity index (χ1) is 9.85. The van der Waals surface area contributed by atoms with Gasteiger partial charge >= 0.3 is 0 Å². The van der Waals surface area contributed by atoms with Gasteiger partial charge in [-0.1, -0.05) is 43.1 Å². The van der Waals surface area contributed by atoms with E-state index < -0.39 is 10.8 Å². The maximum atomic E-state index is 12.9. The van der Waals surface area contributed by atoms with Crippen molar-refractivity contribution in [2.45, 2.75) is 62.6 Å². The molecule has 1 aromatic carbocycles. The summed E-state index contributed by atoms with van der Waals surface area (Å²) in [5, 5.41) is 0.0794. The first-order valence-corrected chi connectivity index (χ1v) is 9.77. The fraction of sp³-hybridized carbons (Fsp3) is 0.647. The molecule has 2 rings (SSSR count). The summed E-state index contributed by atoms with van der Waals surface area (Å²) in [5.74, 6) is 0.617. The van der Waals surface area contributed by atoms with E-state index in [4.69, 9.17) is 5.73 Å². The number of hydrogen-bond acceptors (Lipinski definition) is 2. The van der Waals surface area contributed by atoms with Gasteiger partial charge in [0, 0.05) is 15.4 Å². The Morgan fingerprint density at radius 1 is 1.29 bits per heavy atom. The van der Waals surface area contributed by atoms with Crippen molar-refractivity contribution in [3.8, 4) is 0 Å². The third-order valence-electron chi connectivity index (χ3n) is 5.18. The molecule has 1 saturated carbocycles. The van der Waals surface area contributed by atoms with Crippen molar-refractivity contribution in [1.29, 1.82) is 0 Å². The molecular formula is C17H26BrNOS. The molecule has 0 amide bonds. The topological polar surface area (TPSA) is 43.1 Å². The molecule has 4 unspecified atom stereocenters. The van der Waals surface area contributed by atoms with Gasteiger partial charge in [0.05, 0.1) is 16.0 Å². The molecule has 1 fully saturated rings. The average molecular weight is 372 g/mol. The van der Waals surface area contributed by atoms with Crippen LogP contribution in [0.4, 0.5) is 0 Å². The minimum Gasteiger partial charge on any atom is -0.327 e. The first kappa shape index (κ1) is 17.2. The minimum atomic E-state index is -1.01. The van der Waals surface area contributed by atoms with E-state index in [2.05, 4.69) is 36.7 Å². The third kappa shape index (κ3) is 3.96. The third-order valence-corrected chi connectivity index (χ3v) is 7.54. The lowest BCUT2D eigenvalue weighted by Gasteiger charge is -2.41. The molecular weight excluding hydrogens is 346 g/mol. The number of benzene rings is 1. The number of nitrogens with two attached hydrogens (primary N) is 1. The van der Waals surface area contributed by atoms with E-state index in [0.717, 1.165) is 35.1 Å². The summed E-state index contributed by atoms with van der Waals surface area (Å²) in [6, 6.07) is 7.85. The van der Waals surface area contributed by atoms with E-state index >= 15 is 0 Å². The zero-order valence-corrected chi connectivity index (χ0v) is 15.5. The second-order valence-corrected chi connectivity index (χ2v) is 9.39. The van der Waals surface area contributed by atoms with Crippen LogP contribution >= 0.6 is 15.9 Å². The summed E-state index contributed by atoms with van der Waals surface area (Å²) in [7, 11) is -1.01. The van der Waals surface area contributed by atoms with Crippen LogP contribution < -0.4 is 5.73 Å². The molecule has 1 aromatic rings. The Morgan fingerprint density at radius 2 is 1.90 bits per heavy atom. The zero-order valence-electron chi connectivity index (χ0n) is 13.1. The van der Waals surface area contributed by atoms with E-state index in [1.54, 1.807) is 0 Å². The molecule has 0 bridgehead atoms. The lowest BCUT2D eigenvalue weighted by atomic mass is 9.69. The summed E-state index contributed by atoms with van der Waals surface area (Å²) < 4.78 is 13.9. The quantitative estimate of drug-likeness (QED) is 0.846. The van der Waals surface area contributed by atoms with Crippen LogP contribution in [0.2, 0.25) is 0 Å². The largest absolute Gasteiger partial charge is 0.327 e. The van der Waals surface area contributed by atoms with Crippen LogP contribution in [0.1, 0.15) is 46.5 Å². The van der Waals surface area contributed by atoms with Crippen molar-refractivity contribution >= 4 is 26.7 Å². The molecule has 1 aliphatic carbocycles. The van der Waals surface area contributed by atoms with Crippen LogP contribution in [0.25, 0.3) is 0 Å². The Hall–Kier alpha value is -0.190. The molecule has 0 aliphatic heterocycles. The summed E-state index contributed by atoms with van der Waals surface area (Å²) in [6.45, 7) is 6.90. The molecule has 0 saturated heterocycles. The van der Waals surface area contributed by atoms with Gasteiger partial charge in [-0.15, -0.1) is 0 Å². The second-order valence-electron chi connectivity index (χ2n) is 6.81. The molecule has 0 heterocycles. The van der Waals surface area contributed by atoms with Crippen molar-refractivity contribution < 1.29 is 4.21 Å². The highest BCUT2D eigenvalue weighted by Gasteiger charge is 2.38. The van der Waals surface area contributed by atoms with Gasteiger partial charge in [-0.3, -0.25) is 4.21 Å². The SMILES string of the molecule is CCC(C)(C)C1CCC(N)C(S(=O)c2ccc(Br)cc2)C1. The molecule has 2 N–H and O–H groups in total. The lowest BCUT2D eigenvalue weighted by molar-refractivity contribution is 0.147. The van der Waals surface area contributed by atoms with Crippen LogP contribution in [0.5, 0.6) is 0 Å². The van der Waals surface area contributed by atoms with E-state index in [0.29, 0.717) is 11.3 Å². The summed E-state index contributed by atoms with van der Waals surface area (Å²) in [5.41, 5.74) is 6.60. The summed E-state index contributed by atoms with van der Waals surface area (Å²) in [6.07, 6.45) is 4.28. The monoisotopic (exact) mass is 371 g/mol. The maximum absolute atomic E-state index is 12.9. The van der Waals surface area contributed by atoms with Crippen molar-refractivity contribution in [1.82, 2.24) is 0 Å². The highest BCUT2D eigenvalue weighted by molar-refractivity contribution is 9.10. The minimum absolute atomic E-state index is 0.0541. The van der Waals surface area contributed by atoms with Gasteiger partial charge < -0.3 is 5.73 Å². The van der Waals surface area contributed by atoms with Crippen molar-refractivity contribution in [3.05, 3.63) is 28.7 Å². The zero-order chi connectivity index (χ0) is 15.6. The molecule has 118 valence electrons. The van der Waals surface area contributed by atoms with E-state index in [1.807, 2.05) is 24.3 Å². The van der Waals surface area contributed by atoms with Crippen LogP contribution in [-0.4, -0.2) is 15.5 Å². The Balaban J connectivity index is 2.16. The van der Waals surface area contributed by atoms with Gasteiger partial charge in [-0.25, -0.2) is 0 Å². The fourth-order valence-electron chi connectivity index (χ4n) is 3.14. The molecule has 2 nitrogen and oxygen atoms in total. The van der Waals surface area contributed by atoms with Crippen LogP contribution in [0.3, 0.4) is 0 Å². The van der Waals surface area contributed by atoms with Crippen LogP contribution in [0, 0.1) is 11.3 Å². The highest BCUT2D eigenvalue weighted by Crippen LogP contribution is 2.42. The van der Waals surface area contributed by atoms with Crippen LogP contribution in [-0.2, 0) is 10.8 Å². The van der Waals surface area contributed by atoms with Gasteiger partial charge in [0.25, 0.3) is 0 Å². The number of halogens is 1. The predicted octanol–water partition coefficient (Wildman–Crippen LogP) is 4.49. The normalized spacial score (nSPS) is 28.3. The maximum Gasteiger partial charge on any atom is 0.0576 e.